The number of hydrogen-bond acceptors (Lipinski definition) is 4. The molecule has 0 atom stereocenters. The Morgan fingerprint density at radius 3 is 2.33 bits per heavy atom. The van der Waals surface area contributed by atoms with Crippen LogP contribution in [0.5, 0.6) is 0 Å². The molecule has 0 saturated heterocycles. The Morgan fingerprint density at radius 2 is 1.81 bits per heavy atom. The Hall–Kier alpha value is -1.86. The third-order valence-electron chi connectivity index (χ3n) is 2.72. The highest BCUT2D eigenvalue weighted by molar-refractivity contribution is 7.99. The number of amidine groups is 1. The average molecular weight is 324 g/mol. The third kappa shape index (κ3) is 3.62. The highest BCUT2D eigenvalue weighted by Crippen LogP contribution is 2.32. The predicted molar refractivity (Wildman–Crippen MR) is 81.1 cm³/mol. The van der Waals surface area contributed by atoms with Crippen molar-refractivity contribution in [2.24, 2.45) is 5.73 Å². The molecule has 0 saturated carbocycles. The van der Waals surface area contributed by atoms with E-state index in [1.807, 2.05) is 0 Å². The summed E-state index contributed by atoms with van der Waals surface area (Å²) in [5.74, 6) is -0.899. The molecule has 110 valence electrons. The average Bonchev–Trinajstić information content (AvgIpc) is 2.38. The maximum atomic E-state index is 13.7. The summed E-state index contributed by atoms with van der Waals surface area (Å²) in [6.07, 6.45) is 1.13. The van der Waals surface area contributed by atoms with Gasteiger partial charge in [0, 0.05) is 16.0 Å². The van der Waals surface area contributed by atoms with Crippen LogP contribution in [0.2, 0.25) is 0 Å². The maximum absolute atomic E-state index is 13.7. The van der Waals surface area contributed by atoms with Gasteiger partial charge in [-0.15, -0.1) is 0 Å². The number of nitrogens with two attached hydrogens (primary N) is 1. The Bertz CT molecular complexity index is 787. The lowest BCUT2D eigenvalue weighted by atomic mass is 10.2. The summed E-state index contributed by atoms with van der Waals surface area (Å²) in [6, 6.07) is 10.7. The van der Waals surface area contributed by atoms with E-state index in [-0.39, 0.29) is 16.3 Å². The summed E-state index contributed by atoms with van der Waals surface area (Å²) in [5.41, 5.74) is 5.45. The van der Waals surface area contributed by atoms with E-state index in [1.54, 1.807) is 18.2 Å². The molecule has 0 bridgehead atoms. The molecule has 2 rings (SSSR count). The van der Waals surface area contributed by atoms with Gasteiger partial charge in [0.1, 0.15) is 11.7 Å². The van der Waals surface area contributed by atoms with Crippen molar-refractivity contribution in [3.63, 3.8) is 0 Å². The molecule has 0 spiro atoms. The van der Waals surface area contributed by atoms with Gasteiger partial charge >= 0.3 is 0 Å². The van der Waals surface area contributed by atoms with Crippen molar-refractivity contribution in [2.75, 3.05) is 6.26 Å². The first kappa shape index (κ1) is 15.5. The molecule has 0 aromatic heterocycles. The maximum Gasteiger partial charge on any atom is 0.175 e. The van der Waals surface area contributed by atoms with Crippen LogP contribution in [0.4, 0.5) is 4.39 Å². The number of sulfone groups is 1. The minimum absolute atomic E-state index is 0.0506. The second-order valence-corrected chi connectivity index (χ2v) is 7.50. The van der Waals surface area contributed by atoms with Crippen LogP contribution in [-0.2, 0) is 9.84 Å². The Balaban J connectivity index is 2.35. The van der Waals surface area contributed by atoms with Crippen molar-refractivity contribution in [1.29, 1.82) is 5.41 Å². The monoisotopic (exact) mass is 324 g/mol. The van der Waals surface area contributed by atoms with Crippen LogP contribution in [-0.4, -0.2) is 20.5 Å². The summed E-state index contributed by atoms with van der Waals surface area (Å²) in [7, 11) is -3.24. The molecule has 0 aliphatic carbocycles. The fraction of sp³-hybridized carbons (Fsp3) is 0.0714. The molecule has 0 radical (unpaired) electrons. The van der Waals surface area contributed by atoms with Crippen molar-refractivity contribution in [2.45, 2.75) is 14.7 Å². The van der Waals surface area contributed by atoms with Crippen LogP contribution in [0.1, 0.15) is 5.56 Å². The summed E-state index contributed by atoms with van der Waals surface area (Å²) in [5, 5.41) is 7.44. The molecule has 0 aliphatic rings. The van der Waals surface area contributed by atoms with E-state index in [9.17, 15) is 12.8 Å². The van der Waals surface area contributed by atoms with Crippen molar-refractivity contribution < 1.29 is 12.8 Å². The summed E-state index contributed by atoms with van der Waals surface area (Å²) >= 11 is 1.22. The lowest BCUT2D eigenvalue weighted by molar-refractivity contribution is 0.602. The zero-order chi connectivity index (χ0) is 15.6. The van der Waals surface area contributed by atoms with Gasteiger partial charge in [0.15, 0.2) is 9.84 Å². The van der Waals surface area contributed by atoms with Crippen LogP contribution >= 0.6 is 11.8 Å². The highest BCUT2D eigenvalue weighted by atomic mass is 32.2. The van der Waals surface area contributed by atoms with E-state index in [0.29, 0.717) is 4.90 Å². The molecule has 7 heteroatoms. The first-order valence-electron chi connectivity index (χ1n) is 5.90. The van der Waals surface area contributed by atoms with Crippen LogP contribution in [0.15, 0.2) is 57.2 Å². The van der Waals surface area contributed by atoms with Crippen molar-refractivity contribution in [3.8, 4) is 0 Å². The smallest absolute Gasteiger partial charge is 0.175 e. The standard InChI is InChI=1S/C14H13FN2O2S2/c1-21(18,19)10-7-5-9(6-8-10)20-12-4-2-3-11(15)13(12)14(16)17/h2-8H,1H3,(H3,16,17). The van der Waals surface area contributed by atoms with Crippen LogP contribution < -0.4 is 5.73 Å². The van der Waals surface area contributed by atoms with Crippen LogP contribution in [0.25, 0.3) is 0 Å². The minimum atomic E-state index is -3.24. The largest absolute Gasteiger partial charge is 0.384 e. The summed E-state index contributed by atoms with van der Waals surface area (Å²) in [6.45, 7) is 0. The first-order chi connectivity index (χ1) is 9.79. The van der Waals surface area contributed by atoms with Gasteiger partial charge in [-0.25, -0.2) is 12.8 Å². The first-order valence-corrected chi connectivity index (χ1v) is 8.60. The quantitative estimate of drug-likeness (QED) is 0.669. The van der Waals surface area contributed by atoms with E-state index >= 15 is 0 Å². The van der Waals surface area contributed by atoms with Crippen molar-refractivity contribution in [3.05, 3.63) is 53.8 Å². The number of nitrogens with one attached hydrogen (secondary N) is 1. The Morgan fingerprint density at radius 1 is 1.19 bits per heavy atom. The molecule has 0 unspecified atom stereocenters. The van der Waals surface area contributed by atoms with Gasteiger partial charge in [0.05, 0.1) is 10.5 Å². The number of rotatable bonds is 4. The van der Waals surface area contributed by atoms with Gasteiger partial charge in [0.2, 0.25) is 0 Å². The molecule has 4 nitrogen and oxygen atoms in total. The molecular weight excluding hydrogens is 311 g/mol. The van der Waals surface area contributed by atoms with Gasteiger partial charge in [-0.2, -0.15) is 0 Å². The third-order valence-corrected chi connectivity index (χ3v) is 4.92. The van der Waals surface area contributed by atoms with Gasteiger partial charge < -0.3 is 5.73 Å². The molecule has 0 heterocycles. The molecule has 0 aliphatic heterocycles. The summed E-state index contributed by atoms with van der Waals surface area (Å²) < 4.78 is 36.5. The highest BCUT2D eigenvalue weighted by Gasteiger charge is 2.13. The van der Waals surface area contributed by atoms with E-state index in [4.69, 9.17) is 11.1 Å². The Kier molecular flexibility index (Phi) is 4.34. The number of hydrogen-bond donors (Lipinski definition) is 2. The molecule has 0 amide bonds. The van der Waals surface area contributed by atoms with E-state index in [0.717, 1.165) is 11.2 Å². The Labute approximate surface area is 126 Å². The number of nitrogen functional groups attached to an aromatic ring is 1. The molecule has 2 aromatic carbocycles. The van der Waals surface area contributed by atoms with Crippen LogP contribution in [0.3, 0.4) is 0 Å². The lowest BCUT2D eigenvalue weighted by Gasteiger charge is -2.09. The van der Waals surface area contributed by atoms with Gasteiger partial charge in [-0.3, -0.25) is 5.41 Å². The minimum Gasteiger partial charge on any atom is -0.384 e. The normalized spacial score (nSPS) is 11.3. The van der Waals surface area contributed by atoms with E-state index < -0.39 is 15.7 Å². The second kappa shape index (κ2) is 5.87. The summed E-state index contributed by atoms with van der Waals surface area (Å²) in [4.78, 5) is 1.46. The SMILES string of the molecule is CS(=O)(=O)c1ccc(Sc2cccc(F)c2C(=N)N)cc1. The van der Waals surface area contributed by atoms with Gasteiger partial charge in [-0.1, -0.05) is 17.8 Å². The number of halogens is 1. The zero-order valence-corrected chi connectivity index (χ0v) is 12.8. The zero-order valence-electron chi connectivity index (χ0n) is 11.1. The lowest BCUT2D eigenvalue weighted by Crippen LogP contribution is -2.14. The van der Waals surface area contributed by atoms with Crippen molar-refractivity contribution >= 4 is 27.4 Å². The topological polar surface area (TPSA) is 84.0 Å². The molecule has 21 heavy (non-hydrogen) atoms. The van der Waals surface area contributed by atoms with E-state index in [2.05, 4.69) is 0 Å². The molecule has 0 fully saturated rings. The van der Waals surface area contributed by atoms with Gasteiger partial charge in [-0.05, 0) is 36.4 Å². The molecular formula is C14H13FN2O2S2. The second-order valence-electron chi connectivity index (χ2n) is 4.37. The number of benzene rings is 2. The fourth-order valence-electron chi connectivity index (χ4n) is 1.73. The van der Waals surface area contributed by atoms with Gasteiger partial charge in [0.25, 0.3) is 0 Å². The van der Waals surface area contributed by atoms with Crippen molar-refractivity contribution in [1.82, 2.24) is 0 Å². The molecule has 2 aromatic rings. The van der Waals surface area contributed by atoms with Crippen LogP contribution in [0, 0.1) is 11.2 Å². The fourth-order valence-corrected chi connectivity index (χ4v) is 3.35. The van der Waals surface area contributed by atoms with E-state index in [1.165, 1.54) is 36.0 Å². The molecule has 3 N–H and O–H groups in total. The predicted octanol–water partition coefficient (Wildman–Crippen LogP) is 2.66.